The number of rotatable bonds is 5. The van der Waals surface area contributed by atoms with Crippen LogP contribution in [0, 0.1) is 5.41 Å². The van der Waals surface area contributed by atoms with E-state index < -0.39 is 0 Å². The first-order chi connectivity index (χ1) is 6.18. The smallest absolute Gasteiger partial charge is 0.0499 e. The van der Waals surface area contributed by atoms with E-state index in [1.54, 1.807) is 0 Å². The van der Waals surface area contributed by atoms with Gasteiger partial charge in [-0.1, -0.05) is 35.4 Å². The van der Waals surface area contributed by atoms with E-state index in [2.05, 4.69) is 27.8 Å². The molecular formula is C10H18BrNO. The van der Waals surface area contributed by atoms with Crippen molar-refractivity contribution in [1.29, 1.82) is 0 Å². The van der Waals surface area contributed by atoms with Crippen LogP contribution >= 0.6 is 15.9 Å². The van der Waals surface area contributed by atoms with Gasteiger partial charge in [-0.2, -0.15) is 0 Å². The molecule has 1 saturated carbocycles. The van der Waals surface area contributed by atoms with Gasteiger partial charge in [-0.25, -0.2) is 0 Å². The van der Waals surface area contributed by atoms with Crippen LogP contribution in [0.2, 0.25) is 0 Å². The van der Waals surface area contributed by atoms with E-state index in [9.17, 15) is 5.11 Å². The molecule has 0 unspecified atom stereocenters. The summed E-state index contributed by atoms with van der Waals surface area (Å²) in [6.45, 7) is 5.78. The van der Waals surface area contributed by atoms with Crippen LogP contribution in [0.1, 0.15) is 25.7 Å². The van der Waals surface area contributed by atoms with Crippen molar-refractivity contribution < 1.29 is 5.11 Å². The Labute approximate surface area is 88.5 Å². The predicted octanol–water partition coefficient (Wildman–Crippen LogP) is 2.04. The highest BCUT2D eigenvalue weighted by molar-refractivity contribution is 9.11. The first kappa shape index (κ1) is 11.2. The normalized spacial score (nSPS) is 20.5. The van der Waals surface area contributed by atoms with Crippen LogP contribution in [0.25, 0.3) is 0 Å². The average molecular weight is 248 g/mol. The zero-order chi connectivity index (χ0) is 9.73. The zero-order valence-corrected chi connectivity index (χ0v) is 9.57. The first-order valence-electron chi connectivity index (χ1n) is 4.83. The quantitative estimate of drug-likeness (QED) is 0.780. The van der Waals surface area contributed by atoms with Gasteiger partial charge < -0.3 is 10.4 Å². The molecule has 0 radical (unpaired) electrons. The zero-order valence-electron chi connectivity index (χ0n) is 7.98. The van der Waals surface area contributed by atoms with Crippen molar-refractivity contribution in [2.75, 3.05) is 19.7 Å². The summed E-state index contributed by atoms with van der Waals surface area (Å²) in [7, 11) is 0. The van der Waals surface area contributed by atoms with Gasteiger partial charge in [-0.05, 0) is 12.8 Å². The van der Waals surface area contributed by atoms with E-state index in [0.717, 1.165) is 30.4 Å². The van der Waals surface area contributed by atoms with Gasteiger partial charge in [0.25, 0.3) is 0 Å². The van der Waals surface area contributed by atoms with Crippen molar-refractivity contribution in [2.24, 2.45) is 5.41 Å². The number of hydrogen-bond acceptors (Lipinski definition) is 2. The molecule has 1 aliphatic rings. The number of hydrogen-bond donors (Lipinski definition) is 2. The second-order valence-corrected chi connectivity index (χ2v) is 5.11. The van der Waals surface area contributed by atoms with Crippen molar-refractivity contribution in [3.05, 3.63) is 11.1 Å². The molecule has 1 rings (SSSR count). The molecule has 2 N–H and O–H groups in total. The summed E-state index contributed by atoms with van der Waals surface area (Å²) < 4.78 is 0.971. The average Bonchev–Trinajstić information content (AvgIpc) is 2.53. The lowest BCUT2D eigenvalue weighted by Gasteiger charge is -2.26. The van der Waals surface area contributed by atoms with Gasteiger partial charge >= 0.3 is 0 Å². The molecule has 0 heterocycles. The molecule has 0 spiro atoms. The lowest BCUT2D eigenvalue weighted by Crippen LogP contribution is -2.35. The van der Waals surface area contributed by atoms with Gasteiger partial charge in [-0.15, -0.1) is 0 Å². The minimum Gasteiger partial charge on any atom is -0.396 e. The second-order valence-electron chi connectivity index (χ2n) is 3.99. The van der Waals surface area contributed by atoms with E-state index in [-0.39, 0.29) is 5.41 Å². The lowest BCUT2D eigenvalue weighted by atomic mass is 9.87. The summed E-state index contributed by atoms with van der Waals surface area (Å²) in [6, 6.07) is 0. The Kier molecular flexibility index (Phi) is 4.42. The van der Waals surface area contributed by atoms with Crippen LogP contribution < -0.4 is 5.32 Å². The highest BCUT2D eigenvalue weighted by Gasteiger charge is 2.32. The van der Waals surface area contributed by atoms with E-state index in [0.29, 0.717) is 6.61 Å². The Morgan fingerprint density at radius 1 is 1.46 bits per heavy atom. The van der Waals surface area contributed by atoms with Gasteiger partial charge in [0.15, 0.2) is 0 Å². The van der Waals surface area contributed by atoms with Gasteiger partial charge in [0.05, 0.1) is 0 Å². The highest BCUT2D eigenvalue weighted by atomic mass is 79.9. The maximum Gasteiger partial charge on any atom is 0.0499 e. The molecule has 13 heavy (non-hydrogen) atoms. The van der Waals surface area contributed by atoms with Crippen molar-refractivity contribution >= 4 is 15.9 Å². The van der Waals surface area contributed by atoms with Crippen molar-refractivity contribution in [3.63, 3.8) is 0 Å². The summed E-state index contributed by atoms with van der Waals surface area (Å²) in [5, 5.41) is 12.6. The monoisotopic (exact) mass is 247 g/mol. The molecule has 0 aromatic heterocycles. The minimum absolute atomic E-state index is 0.155. The molecule has 0 aromatic carbocycles. The van der Waals surface area contributed by atoms with Gasteiger partial charge in [-0.3, -0.25) is 0 Å². The van der Waals surface area contributed by atoms with Crippen LogP contribution in [0.15, 0.2) is 11.1 Å². The molecule has 0 aromatic rings. The molecule has 0 atom stereocenters. The van der Waals surface area contributed by atoms with E-state index in [1.165, 1.54) is 12.8 Å². The summed E-state index contributed by atoms with van der Waals surface area (Å²) in [5.41, 5.74) is 0.155. The van der Waals surface area contributed by atoms with Crippen molar-refractivity contribution in [2.45, 2.75) is 25.7 Å². The molecule has 2 nitrogen and oxygen atoms in total. The molecule has 0 amide bonds. The van der Waals surface area contributed by atoms with Crippen LogP contribution in [-0.4, -0.2) is 24.8 Å². The molecule has 1 fully saturated rings. The SMILES string of the molecule is C=C(Br)CNCC1(CO)CCCC1. The van der Waals surface area contributed by atoms with Crippen LogP contribution in [0.5, 0.6) is 0 Å². The van der Waals surface area contributed by atoms with Gasteiger partial charge in [0.1, 0.15) is 0 Å². The van der Waals surface area contributed by atoms with Crippen molar-refractivity contribution in [3.8, 4) is 0 Å². The van der Waals surface area contributed by atoms with Crippen molar-refractivity contribution in [1.82, 2.24) is 5.32 Å². The Morgan fingerprint density at radius 3 is 2.54 bits per heavy atom. The Morgan fingerprint density at radius 2 is 2.08 bits per heavy atom. The molecular weight excluding hydrogens is 230 g/mol. The summed E-state index contributed by atoms with van der Waals surface area (Å²) >= 11 is 3.30. The molecule has 76 valence electrons. The topological polar surface area (TPSA) is 32.3 Å². The van der Waals surface area contributed by atoms with Crippen LogP contribution in [-0.2, 0) is 0 Å². The lowest BCUT2D eigenvalue weighted by molar-refractivity contribution is 0.129. The third-order valence-corrected chi connectivity index (χ3v) is 3.10. The fraction of sp³-hybridized carbons (Fsp3) is 0.800. The Bertz CT molecular complexity index is 176. The van der Waals surface area contributed by atoms with Crippen LogP contribution in [0.3, 0.4) is 0 Å². The molecule has 0 bridgehead atoms. The standard InChI is InChI=1S/C10H18BrNO/c1-9(11)6-12-7-10(8-13)4-2-3-5-10/h12-13H,1-8H2. The fourth-order valence-electron chi connectivity index (χ4n) is 1.98. The van der Waals surface area contributed by atoms with E-state index >= 15 is 0 Å². The predicted molar refractivity (Wildman–Crippen MR) is 58.9 cm³/mol. The maximum absolute atomic E-state index is 9.31. The van der Waals surface area contributed by atoms with Crippen LogP contribution in [0.4, 0.5) is 0 Å². The third kappa shape index (κ3) is 3.41. The largest absolute Gasteiger partial charge is 0.396 e. The fourth-order valence-corrected chi connectivity index (χ4v) is 2.18. The molecule has 0 aliphatic heterocycles. The van der Waals surface area contributed by atoms with Gasteiger partial charge in [0.2, 0.25) is 0 Å². The third-order valence-electron chi connectivity index (χ3n) is 2.82. The number of aliphatic hydroxyl groups excluding tert-OH is 1. The summed E-state index contributed by atoms with van der Waals surface area (Å²) in [4.78, 5) is 0. The van der Waals surface area contributed by atoms with Gasteiger partial charge in [0, 0.05) is 29.6 Å². The number of aliphatic hydroxyl groups is 1. The maximum atomic E-state index is 9.31. The molecule has 1 aliphatic carbocycles. The Balaban J connectivity index is 2.27. The Hall–Kier alpha value is 0.140. The van der Waals surface area contributed by atoms with E-state index in [4.69, 9.17) is 0 Å². The van der Waals surface area contributed by atoms with E-state index in [1.807, 2.05) is 0 Å². The second kappa shape index (κ2) is 5.13. The summed E-state index contributed by atoms with van der Waals surface area (Å²) in [6.07, 6.45) is 4.84. The highest BCUT2D eigenvalue weighted by Crippen LogP contribution is 2.36. The summed E-state index contributed by atoms with van der Waals surface area (Å²) in [5.74, 6) is 0. The first-order valence-corrected chi connectivity index (χ1v) is 5.63. The molecule has 3 heteroatoms. The number of nitrogens with one attached hydrogen (secondary N) is 1. The minimum atomic E-state index is 0.155. The number of halogens is 1. The molecule has 0 saturated heterocycles.